The van der Waals surface area contributed by atoms with Crippen LogP contribution >= 0.6 is 22.7 Å². The Balaban J connectivity index is 1.40. The number of fused-ring (bicyclic) bond motifs is 1. The third-order valence-electron chi connectivity index (χ3n) is 4.87. The van der Waals surface area contributed by atoms with Crippen LogP contribution in [0.5, 0.6) is 0 Å². The molecule has 0 aliphatic carbocycles. The summed E-state index contributed by atoms with van der Waals surface area (Å²) >= 11 is 3.20. The summed E-state index contributed by atoms with van der Waals surface area (Å²) in [5, 5.41) is 10.4. The van der Waals surface area contributed by atoms with Gasteiger partial charge in [-0.15, -0.1) is 22.7 Å². The van der Waals surface area contributed by atoms with Crippen LogP contribution in [0.1, 0.15) is 43.9 Å². The number of aryl methyl sites for hydroxylation is 1. The Kier molecular flexibility index (Phi) is 4.58. The van der Waals surface area contributed by atoms with Crippen molar-refractivity contribution in [2.45, 2.75) is 32.2 Å². The van der Waals surface area contributed by atoms with Gasteiger partial charge in [0.15, 0.2) is 0 Å². The monoisotopic (exact) mass is 372 g/mol. The number of carboxylic acid groups (broad SMARTS) is 1. The van der Waals surface area contributed by atoms with Gasteiger partial charge < -0.3 is 5.11 Å². The Bertz CT molecular complexity index is 874. The number of carboxylic acids is 1. The summed E-state index contributed by atoms with van der Waals surface area (Å²) in [6, 6.07) is 10.2. The van der Waals surface area contributed by atoms with E-state index in [9.17, 15) is 4.79 Å². The minimum Gasteiger partial charge on any atom is -0.477 e. The standard InChI is InChI=1S/C19H20N2O2S2/c1-12-14(10-17(24-12)19(22)23)11-21-8-6-13(7-9-21)18-20-15-4-2-3-5-16(15)25-18/h2-5,10,13H,6-9,11H2,1H3,(H,22,23). The molecule has 4 rings (SSSR count). The van der Waals surface area contributed by atoms with Crippen molar-refractivity contribution in [3.8, 4) is 0 Å². The lowest BCUT2D eigenvalue weighted by Gasteiger charge is -2.31. The number of aromatic carboxylic acids is 1. The molecule has 1 N–H and O–H groups in total. The molecular formula is C19H20N2O2S2. The average molecular weight is 373 g/mol. The molecule has 0 spiro atoms. The maximum Gasteiger partial charge on any atom is 0.345 e. The molecule has 0 bridgehead atoms. The molecule has 1 fully saturated rings. The highest BCUT2D eigenvalue weighted by Crippen LogP contribution is 2.34. The summed E-state index contributed by atoms with van der Waals surface area (Å²) in [5.74, 6) is -0.277. The first-order valence-electron chi connectivity index (χ1n) is 8.50. The van der Waals surface area contributed by atoms with Crippen LogP contribution in [0.25, 0.3) is 10.2 Å². The van der Waals surface area contributed by atoms with E-state index >= 15 is 0 Å². The highest BCUT2D eigenvalue weighted by atomic mass is 32.1. The maximum absolute atomic E-state index is 11.1. The van der Waals surface area contributed by atoms with E-state index in [0.29, 0.717) is 10.8 Å². The van der Waals surface area contributed by atoms with Crippen LogP contribution < -0.4 is 0 Å². The van der Waals surface area contributed by atoms with Crippen LogP contribution in [0.15, 0.2) is 30.3 Å². The topological polar surface area (TPSA) is 53.4 Å². The molecule has 0 unspecified atom stereocenters. The number of hydrogen-bond donors (Lipinski definition) is 1. The van der Waals surface area contributed by atoms with Crippen molar-refractivity contribution in [3.63, 3.8) is 0 Å². The van der Waals surface area contributed by atoms with E-state index < -0.39 is 5.97 Å². The van der Waals surface area contributed by atoms with Crippen LogP contribution in [0, 0.1) is 6.92 Å². The molecule has 0 radical (unpaired) electrons. The molecule has 0 saturated carbocycles. The second-order valence-corrected chi connectivity index (χ2v) is 8.89. The van der Waals surface area contributed by atoms with Crippen molar-refractivity contribution in [1.29, 1.82) is 0 Å². The SMILES string of the molecule is Cc1sc(C(=O)O)cc1CN1CCC(c2nc3ccccc3s2)CC1. The van der Waals surface area contributed by atoms with Gasteiger partial charge in [-0.1, -0.05) is 12.1 Å². The normalized spacial score (nSPS) is 16.5. The second kappa shape index (κ2) is 6.86. The lowest BCUT2D eigenvalue weighted by atomic mass is 9.97. The van der Waals surface area contributed by atoms with Crippen molar-refractivity contribution in [2.24, 2.45) is 0 Å². The first-order chi connectivity index (χ1) is 12.1. The predicted octanol–water partition coefficient (Wildman–Crippen LogP) is 4.74. The zero-order chi connectivity index (χ0) is 17.4. The van der Waals surface area contributed by atoms with Crippen LogP contribution in [0.3, 0.4) is 0 Å². The number of likely N-dealkylation sites (tertiary alicyclic amines) is 1. The molecule has 130 valence electrons. The maximum atomic E-state index is 11.1. The van der Waals surface area contributed by atoms with E-state index in [1.807, 2.05) is 30.4 Å². The third kappa shape index (κ3) is 3.47. The van der Waals surface area contributed by atoms with E-state index in [1.165, 1.54) is 21.0 Å². The van der Waals surface area contributed by atoms with Crippen LogP contribution in [0.4, 0.5) is 0 Å². The van der Waals surface area contributed by atoms with E-state index in [2.05, 4.69) is 23.1 Å². The van der Waals surface area contributed by atoms with Crippen molar-refractivity contribution >= 4 is 38.9 Å². The Morgan fingerprint density at radius 1 is 1.28 bits per heavy atom. The number of benzene rings is 1. The van der Waals surface area contributed by atoms with Crippen LogP contribution in [-0.2, 0) is 6.54 Å². The highest BCUT2D eigenvalue weighted by Gasteiger charge is 2.24. The number of thiophene rings is 1. The summed E-state index contributed by atoms with van der Waals surface area (Å²) in [5.41, 5.74) is 2.26. The van der Waals surface area contributed by atoms with Crippen LogP contribution in [0.2, 0.25) is 0 Å². The van der Waals surface area contributed by atoms with Gasteiger partial charge >= 0.3 is 5.97 Å². The van der Waals surface area contributed by atoms with Gasteiger partial charge in [-0.3, -0.25) is 4.90 Å². The third-order valence-corrected chi connectivity index (χ3v) is 7.15. The van der Waals surface area contributed by atoms with Gasteiger partial charge in [0.1, 0.15) is 4.88 Å². The molecule has 1 saturated heterocycles. The molecule has 1 aliphatic rings. The molecule has 1 aromatic carbocycles. The first-order valence-corrected chi connectivity index (χ1v) is 10.1. The summed E-state index contributed by atoms with van der Waals surface area (Å²) < 4.78 is 1.27. The summed E-state index contributed by atoms with van der Waals surface area (Å²) in [6.07, 6.45) is 2.24. The zero-order valence-corrected chi connectivity index (χ0v) is 15.7. The van der Waals surface area contributed by atoms with Gasteiger partial charge in [-0.2, -0.15) is 0 Å². The first kappa shape index (κ1) is 16.7. The Morgan fingerprint density at radius 2 is 2.04 bits per heavy atom. The fourth-order valence-electron chi connectivity index (χ4n) is 3.43. The van der Waals surface area contributed by atoms with E-state index in [-0.39, 0.29) is 0 Å². The summed E-state index contributed by atoms with van der Waals surface area (Å²) in [7, 11) is 0. The van der Waals surface area contributed by atoms with Crippen LogP contribution in [-0.4, -0.2) is 34.0 Å². The second-order valence-electron chi connectivity index (χ2n) is 6.57. The average Bonchev–Trinajstić information content (AvgIpc) is 3.20. The van der Waals surface area contributed by atoms with E-state index in [4.69, 9.17) is 10.1 Å². The lowest BCUT2D eigenvalue weighted by molar-refractivity contribution is 0.0702. The van der Waals surface area contributed by atoms with Crippen molar-refractivity contribution in [3.05, 3.63) is 50.7 Å². The molecule has 0 amide bonds. The quantitative estimate of drug-likeness (QED) is 0.718. The number of nitrogens with zero attached hydrogens (tertiary/aromatic N) is 2. The molecule has 25 heavy (non-hydrogen) atoms. The summed E-state index contributed by atoms with van der Waals surface area (Å²) in [6.45, 7) is 4.94. The molecular weight excluding hydrogens is 352 g/mol. The van der Waals surface area contributed by atoms with Gasteiger partial charge in [0.2, 0.25) is 0 Å². The van der Waals surface area contributed by atoms with Crippen molar-refractivity contribution < 1.29 is 9.90 Å². The summed E-state index contributed by atoms with van der Waals surface area (Å²) in [4.78, 5) is 19.9. The Hall–Kier alpha value is -1.76. The lowest BCUT2D eigenvalue weighted by Crippen LogP contribution is -2.32. The number of hydrogen-bond acceptors (Lipinski definition) is 5. The largest absolute Gasteiger partial charge is 0.477 e. The van der Waals surface area contributed by atoms with Crippen molar-refractivity contribution in [1.82, 2.24) is 9.88 Å². The van der Waals surface area contributed by atoms with Gasteiger partial charge in [0, 0.05) is 17.3 Å². The molecule has 2 aromatic heterocycles. The minimum atomic E-state index is -0.825. The van der Waals surface area contributed by atoms with Gasteiger partial charge in [-0.25, -0.2) is 9.78 Å². The van der Waals surface area contributed by atoms with Crippen molar-refractivity contribution in [2.75, 3.05) is 13.1 Å². The molecule has 3 aromatic rings. The van der Waals surface area contributed by atoms with Gasteiger partial charge in [0.05, 0.1) is 15.2 Å². The number of piperidine rings is 1. The highest BCUT2D eigenvalue weighted by molar-refractivity contribution is 7.18. The number of rotatable bonds is 4. The minimum absolute atomic E-state index is 0.442. The zero-order valence-electron chi connectivity index (χ0n) is 14.1. The number of aromatic nitrogens is 1. The number of carbonyl (C=O) groups is 1. The predicted molar refractivity (Wildman–Crippen MR) is 103 cm³/mol. The molecule has 0 atom stereocenters. The number of thiazole rings is 1. The van der Waals surface area contributed by atoms with Gasteiger partial charge in [-0.05, 0) is 56.6 Å². The van der Waals surface area contributed by atoms with E-state index in [1.54, 1.807) is 0 Å². The fourth-order valence-corrected chi connectivity index (χ4v) is 5.44. The molecule has 1 aliphatic heterocycles. The van der Waals surface area contributed by atoms with Gasteiger partial charge in [0.25, 0.3) is 0 Å². The molecule has 3 heterocycles. The molecule has 6 heteroatoms. The van der Waals surface area contributed by atoms with E-state index in [0.717, 1.165) is 48.4 Å². The Morgan fingerprint density at radius 3 is 2.72 bits per heavy atom. The number of para-hydroxylation sites is 1. The Labute approximate surface area is 154 Å². The smallest absolute Gasteiger partial charge is 0.345 e. The fraction of sp³-hybridized carbons (Fsp3) is 0.368. The molecule has 4 nitrogen and oxygen atoms in total.